The van der Waals surface area contributed by atoms with E-state index in [2.05, 4.69) is 0 Å². The Labute approximate surface area is 140 Å². The largest absolute Gasteiger partial charge is 0.545 e. The van der Waals surface area contributed by atoms with Crippen LogP contribution in [0.1, 0.15) is 29.8 Å². The van der Waals surface area contributed by atoms with Gasteiger partial charge in [0.05, 0.1) is 5.97 Å². The molecule has 0 amide bonds. The first-order chi connectivity index (χ1) is 11.2. The van der Waals surface area contributed by atoms with Gasteiger partial charge in [0.15, 0.2) is 0 Å². The maximum Gasteiger partial charge on any atom is 0.246 e. The van der Waals surface area contributed by atoms with Gasteiger partial charge in [-0.25, -0.2) is 12.8 Å². The van der Waals surface area contributed by atoms with E-state index in [0.29, 0.717) is 0 Å². The highest BCUT2D eigenvalue weighted by molar-refractivity contribution is 7.89. The number of sulfonamides is 1. The molecule has 0 bridgehead atoms. The Balaban J connectivity index is 2.49. The third-order valence-corrected chi connectivity index (χ3v) is 5.55. The molecule has 7 heteroatoms. The molecule has 0 saturated heterocycles. The number of aromatic carboxylic acids is 1. The lowest BCUT2D eigenvalue weighted by molar-refractivity contribution is -0.255. The SMILES string of the molecule is CC(C)N(Cc1ccccc1)S(=O)(=O)c1cc(C(=O)[O-])ccc1F. The molecule has 0 aromatic heterocycles. The van der Waals surface area contributed by atoms with E-state index in [4.69, 9.17) is 0 Å². The van der Waals surface area contributed by atoms with Crippen molar-refractivity contribution in [1.29, 1.82) is 0 Å². The highest BCUT2D eigenvalue weighted by Crippen LogP contribution is 2.24. The molecule has 24 heavy (non-hydrogen) atoms. The zero-order valence-corrected chi connectivity index (χ0v) is 14.1. The lowest BCUT2D eigenvalue weighted by Crippen LogP contribution is -2.37. The Morgan fingerprint density at radius 3 is 2.33 bits per heavy atom. The van der Waals surface area contributed by atoms with Gasteiger partial charge in [-0.15, -0.1) is 0 Å². The topological polar surface area (TPSA) is 77.5 Å². The summed E-state index contributed by atoms with van der Waals surface area (Å²) in [6.07, 6.45) is 0. The minimum Gasteiger partial charge on any atom is -0.545 e. The molecule has 2 aromatic carbocycles. The molecule has 0 aliphatic rings. The molecule has 0 saturated carbocycles. The van der Waals surface area contributed by atoms with E-state index in [1.807, 2.05) is 0 Å². The van der Waals surface area contributed by atoms with Crippen LogP contribution in [0.15, 0.2) is 53.4 Å². The van der Waals surface area contributed by atoms with Crippen LogP contribution in [0.4, 0.5) is 4.39 Å². The molecule has 0 aliphatic heterocycles. The maximum absolute atomic E-state index is 14.1. The second-order valence-electron chi connectivity index (χ2n) is 5.56. The number of carbonyl (C=O) groups excluding carboxylic acids is 1. The van der Waals surface area contributed by atoms with Crippen LogP contribution in [0.25, 0.3) is 0 Å². The van der Waals surface area contributed by atoms with Gasteiger partial charge in [0.25, 0.3) is 0 Å². The fraction of sp³-hybridized carbons (Fsp3) is 0.235. The van der Waals surface area contributed by atoms with Crippen molar-refractivity contribution in [2.75, 3.05) is 0 Å². The molecule has 0 atom stereocenters. The number of rotatable bonds is 6. The number of hydrogen-bond donors (Lipinski definition) is 0. The van der Waals surface area contributed by atoms with E-state index >= 15 is 0 Å². The molecule has 0 N–H and O–H groups in total. The second kappa shape index (κ2) is 7.11. The molecule has 0 radical (unpaired) electrons. The van der Waals surface area contributed by atoms with E-state index in [1.54, 1.807) is 44.2 Å². The number of hydrogen-bond acceptors (Lipinski definition) is 4. The summed E-state index contributed by atoms with van der Waals surface area (Å²) < 4.78 is 40.9. The first kappa shape index (κ1) is 18.1. The fourth-order valence-electron chi connectivity index (χ4n) is 2.26. The lowest BCUT2D eigenvalue weighted by atomic mass is 10.2. The molecule has 0 spiro atoms. The summed E-state index contributed by atoms with van der Waals surface area (Å²) in [5.41, 5.74) is 0.352. The van der Waals surface area contributed by atoms with Crippen molar-refractivity contribution in [1.82, 2.24) is 4.31 Å². The van der Waals surface area contributed by atoms with E-state index < -0.39 is 38.3 Å². The summed E-state index contributed by atoms with van der Waals surface area (Å²) in [5.74, 6) is -2.57. The Morgan fingerprint density at radius 2 is 1.79 bits per heavy atom. The van der Waals surface area contributed by atoms with Crippen molar-refractivity contribution in [3.63, 3.8) is 0 Å². The van der Waals surface area contributed by atoms with Gasteiger partial charge in [-0.1, -0.05) is 36.4 Å². The average molecular weight is 350 g/mol. The highest BCUT2D eigenvalue weighted by atomic mass is 32.2. The van der Waals surface area contributed by atoms with Gasteiger partial charge in [-0.3, -0.25) is 0 Å². The summed E-state index contributed by atoms with van der Waals surface area (Å²) in [5, 5.41) is 10.9. The number of benzene rings is 2. The third-order valence-electron chi connectivity index (χ3n) is 3.51. The summed E-state index contributed by atoms with van der Waals surface area (Å²) >= 11 is 0. The van der Waals surface area contributed by atoms with Gasteiger partial charge in [0.2, 0.25) is 10.0 Å². The molecular weight excluding hydrogens is 333 g/mol. The van der Waals surface area contributed by atoms with Crippen molar-refractivity contribution >= 4 is 16.0 Å². The van der Waals surface area contributed by atoms with Gasteiger partial charge in [-0.05, 0) is 37.1 Å². The molecular formula is C17H17FNO4S-. The smallest absolute Gasteiger partial charge is 0.246 e. The molecule has 0 fully saturated rings. The number of carboxylic acid groups (broad SMARTS) is 1. The van der Waals surface area contributed by atoms with Crippen molar-refractivity contribution in [3.8, 4) is 0 Å². The molecule has 2 rings (SSSR count). The van der Waals surface area contributed by atoms with Crippen LogP contribution in [0, 0.1) is 5.82 Å². The summed E-state index contributed by atoms with van der Waals surface area (Å²) in [7, 11) is -4.22. The van der Waals surface area contributed by atoms with E-state index in [9.17, 15) is 22.7 Å². The van der Waals surface area contributed by atoms with Crippen LogP contribution in [-0.2, 0) is 16.6 Å². The highest BCUT2D eigenvalue weighted by Gasteiger charge is 2.30. The minimum atomic E-state index is -4.22. The lowest BCUT2D eigenvalue weighted by Gasteiger charge is -2.26. The monoisotopic (exact) mass is 350 g/mol. The van der Waals surface area contributed by atoms with Crippen LogP contribution >= 0.6 is 0 Å². The van der Waals surface area contributed by atoms with Crippen LogP contribution in [0.3, 0.4) is 0 Å². The molecule has 2 aromatic rings. The summed E-state index contributed by atoms with van der Waals surface area (Å²) in [4.78, 5) is 10.3. The normalized spacial score (nSPS) is 11.9. The standard InChI is InChI=1S/C17H18FNO4S/c1-12(2)19(11-13-6-4-3-5-7-13)24(22,23)16-10-14(17(20)21)8-9-15(16)18/h3-10,12H,11H2,1-2H3,(H,20,21)/p-1. The zero-order chi connectivity index (χ0) is 17.9. The van der Waals surface area contributed by atoms with Gasteiger partial charge in [0.1, 0.15) is 10.7 Å². The molecule has 5 nitrogen and oxygen atoms in total. The quantitative estimate of drug-likeness (QED) is 0.796. The molecule has 0 heterocycles. The van der Waals surface area contributed by atoms with Gasteiger partial charge in [0, 0.05) is 12.6 Å². The Morgan fingerprint density at radius 1 is 1.17 bits per heavy atom. The molecule has 0 unspecified atom stereocenters. The summed E-state index contributed by atoms with van der Waals surface area (Å²) in [6, 6.07) is 11.0. The van der Waals surface area contributed by atoms with Gasteiger partial charge in [-0.2, -0.15) is 4.31 Å². The van der Waals surface area contributed by atoms with Crippen LogP contribution in [-0.4, -0.2) is 24.7 Å². The Hall–Kier alpha value is -2.25. The van der Waals surface area contributed by atoms with E-state index in [1.165, 1.54) is 0 Å². The minimum absolute atomic E-state index is 0.0514. The maximum atomic E-state index is 14.1. The Kier molecular flexibility index (Phi) is 5.36. The first-order valence-electron chi connectivity index (χ1n) is 7.30. The molecule has 0 aliphatic carbocycles. The van der Waals surface area contributed by atoms with Gasteiger partial charge >= 0.3 is 0 Å². The number of carboxylic acids is 1. The Bertz CT molecular complexity index is 835. The predicted molar refractivity (Wildman–Crippen MR) is 85.0 cm³/mol. The second-order valence-corrected chi connectivity index (χ2v) is 7.42. The fourth-order valence-corrected chi connectivity index (χ4v) is 3.98. The van der Waals surface area contributed by atoms with Crippen molar-refractivity contribution in [3.05, 3.63) is 65.5 Å². The number of carbonyl (C=O) groups is 1. The van der Waals surface area contributed by atoms with Crippen LogP contribution in [0.5, 0.6) is 0 Å². The third kappa shape index (κ3) is 3.80. The number of halogens is 1. The van der Waals surface area contributed by atoms with Crippen LogP contribution < -0.4 is 5.11 Å². The predicted octanol–water partition coefficient (Wildman–Crippen LogP) is 1.79. The van der Waals surface area contributed by atoms with Crippen molar-refractivity contribution in [2.24, 2.45) is 0 Å². The first-order valence-corrected chi connectivity index (χ1v) is 8.74. The molecule has 128 valence electrons. The average Bonchev–Trinajstić information content (AvgIpc) is 2.53. The van der Waals surface area contributed by atoms with Gasteiger partial charge < -0.3 is 9.90 Å². The van der Waals surface area contributed by atoms with E-state index in [-0.39, 0.29) is 6.54 Å². The number of nitrogens with zero attached hydrogens (tertiary/aromatic N) is 1. The van der Waals surface area contributed by atoms with E-state index in [0.717, 1.165) is 28.1 Å². The van der Waals surface area contributed by atoms with Crippen LogP contribution in [0.2, 0.25) is 0 Å². The van der Waals surface area contributed by atoms with Crippen molar-refractivity contribution in [2.45, 2.75) is 31.3 Å². The van der Waals surface area contributed by atoms with Crippen molar-refractivity contribution < 1.29 is 22.7 Å². The summed E-state index contributed by atoms with van der Waals surface area (Å²) in [6.45, 7) is 3.39. The zero-order valence-electron chi connectivity index (χ0n) is 13.3.